The van der Waals surface area contributed by atoms with Crippen molar-refractivity contribution >= 4 is 16.6 Å². The van der Waals surface area contributed by atoms with Gasteiger partial charge in [-0.25, -0.2) is 0 Å². The summed E-state index contributed by atoms with van der Waals surface area (Å²) in [7, 11) is 0. The van der Waals surface area contributed by atoms with E-state index in [2.05, 4.69) is 63.8 Å². The Morgan fingerprint density at radius 2 is 1.67 bits per heavy atom. The van der Waals surface area contributed by atoms with E-state index in [1.807, 2.05) is 0 Å². The number of para-hydroxylation sites is 2. The Kier molecular flexibility index (Phi) is 7.23. The summed E-state index contributed by atoms with van der Waals surface area (Å²) in [4.78, 5) is 5.26. The first-order valence-corrected chi connectivity index (χ1v) is 14.7. The Morgan fingerprint density at radius 3 is 2.50 bits per heavy atom. The molecule has 6 rings (SSSR count). The second-order valence-corrected chi connectivity index (χ2v) is 11.2. The Morgan fingerprint density at radius 1 is 0.861 bits per heavy atom. The van der Waals surface area contributed by atoms with Crippen LogP contribution in [0.2, 0.25) is 0 Å². The van der Waals surface area contributed by atoms with E-state index in [0.717, 1.165) is 45.0 Å². The molecule has 0 atom stereocenters. The van der Waals surface area contributed by atoms with Gasteiger partial charge in [-0.2, -0.15) is 0 Å². The molecule has 0 unspecified atom stereocenters. The SMILES string of the molecule is CCCN(CCN1CCCCC1)c1cccc2c1OCCn1c-2c(C2CCCCC2)c2ccccc21. The van der Waals surface area contributed by atoms with Crippen molar-refractivity contribution in [3.05, 3.63) is 48.0 Å². The van der Waals surface area contributed by atoms with Crippen LogP contribution in [0.4, 0.5) is 5.69 Å². The van der Waals surface area contributed by atoms with Crippen molar-refractivity contribution in [3.8, 4) is 17.0 Å². The van der Waals surface area contributed by atoms with Crippen molar-refractivity contribution < 1.29 is 4.74 Å². The van der Waals surface area contributed by atoms with Crippen molar-refractivity contribution in [1.82, 2.24) is 9.47 Å². The summed E-state index contributed by atoms with van der Waals surface area (Å²) in [6, 6.07) is 16.0. The smallest absolute Gasteiger partial charge is 0.152 e. The molecular weight excluding hydrogens is 442 g/mol. The molecule has 1 saturated heterocycles. The first-order chi connectivity index (χ1) is 17.8. The fourth-order valence-corrected chi connectivity index (χ4v) is 7.08. The molecule has 1 aliphatic carbocycles. The molecular formula is C32H43N3O. The van der Waals surface area contributed by atoms with Crippen LogP contribution in [0.3, 0.4) is 0 Å². The second kappa shape index (κ2) is 10.9. The number of fused-ring (bicyclic) bond motifs is 5. The first-order valence-electron chi connectivity index (χ1n) is 14.7. The molecule has 0 spiro atoms. The van der Waals surface area contributed by atoms with Crippen LogP contribution in [-0.4, -0.2) is 48.8 Å². The summed E-state index contributed by atoms with van der Waals surface area (Å²) >= 11 is 0. The van der Waals surface area contributed by atoms with E-state index in [0.29, 0.717) is 5.92 Å². The number of rotatable bonds is 7. The van der Waals surface area contributed by atoms with Gasteiger partial charge in [0, 0.05) is 36.1 Å². The third kappa shape index (κ3) is 4.53. The number of aromatic nitrogens is 1. The van der Waals surface area contributed by atoms with Crippen molar-refractivity contribution in [2.75, 3.05) is 44.2 Å². The highest BCUT2D eigenvalue weighted by molar-refractivity contribution is 5.95. The molecule has 2 aromatic carbocycles. The maximum atomic E-state index is 6.65. The molecule has 192 valence electrons. The Labute approximate surface area is 217 Å². The monoisotopic (exact) mass is 485 g/mol. The number of hydrogen-bond donors (Lipinski definition) is 0. The molecule has 0 radical (unpaired) electrons. The van der Waals surface area contributed by atoms with Crippen molar-refractivity contribution in [2.45, 2.75) is 77.2 Å². The van der Waals surface area contributed by atoms with Gasteiger partial charge >= 0.3 is 0 Å². The van der Waals surface area contributed by atoms with E-state index in [-0.39, 0.29) is 0 Å². The van der Waals surface area contributed by atoms with E-state index < -0.39 is 0 Å². The molecule has 0 amide bonds. The number of benzene rings is 2. The number of likely N-dealkylation sites (tertiary alicyclic amines) is 1. The lowest BCUT2D eigenvalue weighted by Crippen LogP contribution is -2.38. The summed E-state index contributed by atoms with van der Waals surface area (Å²) in [6.45, 7) is 9.76. The van der Waals surface area contributed by atoms with E-state index in [4.69, 9.17) is 4.74 Å². The number of hydrogen-bond acceptors (Lipinski definition) is 3. The van der Waals surface area contributed by atoms with Crippen LogP contribution in [0.1, 0.15) is 76.2 Å². The van der Waals surface area contributed by atoms with E-state index >= 15 is 0 Å². The van der Waals surface area contributed by atoms with Gasteiger partial charge in [0.1, 0.15) is 6.61 Å². The zero-order valence-corrected chi connectivity index (χ0v) is 22.2. The van der Waals surface area contributed by atoms with Gasteiger partial charge in [0.2, 0.25) is 0 Å². The second-order valence-electron chi connectivity index (χ2n) is 11.2. The molecule has 2 aliphatic heterocycles. The van der Waals surface area contributed by atoms with Crippen LogP contribution in [0.5, 0.6) is 5.75 Å². The van der Waals surface area contributed by atoms with Gasteiger partial charge in [0.05, 0.1) is 17.9 Å². The van der Waals surface area contributed by atoms with Crippen LogP contribution in [0.15, 0.2) is 42.5 Å². The van der Waals surface area contributed by atoms with Gasteiger partial charge in [-0.15, -0.1) is 0 Å². The molecule has 3 aromatic rings. The van der Waals surface area contributed by atoms with Crippen molar-refractivity contribution in [3.63, 3.8) is 0 Å². The normalized spacial score (nSPS) is 18.9. The molecule has 1 aromatic heterocycles. The van der Waals surface area contributed by atoms with Crippen LogP contribution in [0.25, 0.3) is 22.2 Å². The van der Waals surface area contributed by atoms with E-state index in [1.165, 1.54) is 92.3 Å². The Hall–Kier alpha value is -2.46. The van der Waals surface area contributed by atoms with Gasteiger partial charge in [-0.3, -0.25) is 0 Å². The lowest BCUT2D eigenvalue weighted by atomic mass is 9.81. The van der Waals surface area contributed by atoms with E-state index in [1.54, 1.807) is 5.56 Å². The van der Waals surface area contributed by atoms with Gasteiger partial charge in [-0.05, 0) is 74.9 Å². The Bertz CT molecular complexity index is 1170. The molecule has 0 N–H and O–H groups in total. The van der Waals surface area contributed by atoms with Gasteiger partial charge in [0.15, 0.2) is 5.75 Å². The zero-order valence-electron chi connectivity index (χ0n) is 22.2. The molecule has 3 heterocycles. The third-order valence-corrected chi connectivity index (χ3v) is 8.80. The molecule has 1 saturated carbocycles. The minimum absolute atomic E-state index is 0.653. The molecule has 4 nitrogen and oxygen atoms in total. The minimum atomic E-state index is 0.653. The number of ether oxygens (including phenoxy) is 1. The largest absolute Gasteiger partial charge is 0.489 e. The third-order valence-electron chi connectivity index (χ3n) is 8.80. The fourth-order valence-electron chi connectivity index (χ4n) is 7.08. The predicted molar refractivity (Wildman–Crippen MR) is 151 cm³/mol. The van der Waals surface area contributed by atoms with Crippen LogP contribution in [0, 0.1) is 0 Å². The average Bonchev–Trinajstić information content (AvgIpc) is 3.13. The number of anilines is 1. The van der Waals surface area contributed by atoms with Crippen LogP contribution < -0.4 is 9.64 Å². The van der Waals surface area contributed by atoms with Gasteiger partial charge < -0.3 is 19.1 Å². The average molecular weight is 486 g/mol. The quantitative estimate of drug-likeness (QED) is 0.347. The number of piperidine rings is 1. The van der Waals surface area contributed by atoms with E-state index in [9.17, 15) is 0 Å². The molecule has 36 heavy (non-hydrogen) atoms. The lowest BCUT2D eigenvalue weighted by molar-refractivity contribution is 0.233. The zero-order chi connectivity index (χ0) is 24.3. The molecule has 4 heteroatoms. The topological polar surface area (TPSA) is 20.6 Å². The van der Waals surface area contributed by atoms with Gasteiger partial charge in [-0.1, -0.05) is 56.9 Å². The lowest BCUT2D eigenvalue weighted by Gasteiger charge is -2.32. The maximum Gasteiger partial charge on any atom is 0.152 e. The maximum absolute atomic E-state index is 6.65. The highest BCUT2D eigenvalue weighted by Crippen LogP contribution is 2.49. The van der Waals surface area contributed by atoms with Crippen LogP contribution >= 0.6 is 0 Å². The molecule has 0 bridgehead atoms. The Balaban J connectivity index is 1.43. The standard InChI is InChI=1S/C32H43N3O/c1-2-18-34(22-21-33-19-9-4-10-20-33)29-17-11-15-27-31-30(25-12-5-3-6-13-25)26-14-7-8-16-28(26)35(31)23-24-36-32(27)29/h7-8,11,14-17,25H,2-6,9-10,12-13,18-24H2,1H3. The highest BCUT2D eigenvalue weighted by atomic mass is 16.5. The highest BCUT2D eigenvalue weighted by Gasteiger charge is 2.30. The summed E-state index contributed by atoms with van der Waals surface area (Å²) in [5.74, 6) is 1.77. The molecule has 2 fully saturated rings. The fraction of sp³-hybridized carbons (Fsp3) is 0.562. The van der Waals surface area contributed by atoms with Crippen molar-refractivity contribution in [1.29, 1.82) is 0 Å². The summed E-state index contributed by atoms with van der Waals surface area (Å²) < 4.78 is 9.23. The first kappa shape index (κ1) is 23.9. The van der Waals surface area contributed by atoms with Gasteiger partial charge in [0.25, 0.3) is 0 Å². The minimum Gasteiger partial charge on any atom is -0.489 e. The number of nitrogens with zero attached hydrogens (tertiary/aromatic N) is 3. The predicted octanol–water partition coefficient (Wildman–Crippen LogP) is 7.45. The summed E-state index contributed by atoms with van der Waals surface area (Å²) in [6.07, 6.45) is 12.0. The van der Waals surface area contributed by atoms with Crippen LogP contribution in [-0.2, 0) is 6.54 Å². The molecule has 3 aliphatic rings. The summed E-state index contributed by atoms with van der Waals surface area (Å²) in [5.41, 5.74) is 7.00. The van der Waals surface area contributed by atoms with Crippen molar-refractivity contribution in [2.24, 2.45) is 0 Å². The summed E-state index contributed by atoms with van der Waals surface area (Å²) in [5, 5.41) is 1.47.